The third-order valence-corrected chi connectivity index (χ3v) is 5.71. The van der Waals surface area contributed by atoms with Gasteiger partial charge >= 0.3 is 0 Å². The summed E-state index contributed by atoms with van der Waals surface area (Å²) in [6, 6.07) is 2.98. The maximum absolute atomic E-state index is 13.8. The molecule has 0 bridgehead atoms. The Balaban J connectivity index is 1.91. The van der Waals surface area contributed by atoms with Crippen molar-refractivity contribution in [2.45, 2.75) is 31.3 Å². The van der Waals surface area contributed by atoms with Crippen LogP contribution in [0.3, 0.4) is 0 Å². The molecule has 7 heteroatoms. The summed E-state index contributed by atoms with van der Waals surface area (Å²) >= 11 is 0. The summed E-state index contributed by atoms with van der Waals surface area (Å²) in [4.78, 5) is 14.0. The van der Waals surface area contributed by atoms with Gasteiger partial charge in [0, 0.05) is 12.1 Å². The van der Waals surface area contributed by atoms with Crippen molar-refractivity contribution < 1.29 is 22.0 Å². The molecule has 3 rings (SSSR count). The van der Waals surface area contributed by atoms with Crippen molar-refractivity contribution in [3.05, 3.63) is 35.4 Å². The van der Waals surface area contributed by atoms with Gasteiger partial charge in [-0.2, -0.15) is 0 Å². The summed E-state index contributed by atoms with van der Waals surface area (Å²) in [5.41, 5.74) is -0.328. The lowest BCUT2D eigenvalue weighted by Crippen LogP contribution is -2.43. The number of hydrogen-bond acceptors (Lipinski definition) is 3. The molecule has 4 nitrogen and oxygen atoms in total. The number of halogens is 2. The standard InChI is InChI=1S/C14H15F2NO3S/c15-12-3-1-2-11(13(12)16)14(18)17(9-4-5-9)10-6-7-21(19,20)8-10/h1-3,9-10H,4-8H2. The predicted molar refractivity (Wildman–Crippen MR) is 72.6 cm³/mol. The van der Waals surface area contributed by atoms with Gasteiger partial charge in [0.15, 0.2) is 21.5 Å². The molecule has 1 saturated carbocycles. The van der Waals surface area contributed by atoms with Gasteiger partial charge in [0.1, 0.15) is 0 Å². The van der Waals surface area contributed by atoms with Crippen LogP contribution in [0.25, 0.3) is 0 Å². The minimum absolute atomic E-state index is 0.0415. The zero-order chi connectivity index (χ0) is 15.2. The van der Waals surface area contributed by atoms with Crippen LogP contribution in [0.5, 0.6) is 0 Å². The van der Waals surface area contributed by atoms with Gasteiger partial charge in [0.05, 0.1) is 17.1 Å². The van der Waals surface area contributed by atoms with Gasteiger partial charge in [0.2, 0.25) is 0 Å². The second-order valence-corrected chi connectivity index (χ2v) is 7.83. The van der Waals surface area contributed by atoms with Crippen molar-refractivity contribution in [2.24, 2.45) is 0 Å². The van der Waals surface area contributed by atoms with E-state index in [2.05, 4.69) is 0 Å². The van der Waals surface area contributed by atoms with E-state index in [0.717, 1.165) is 18.9 Å². The van der Waals surface area contributed by atoms with Crippen LogP contribution in [0.2, 0.25) is 0 Å². The Morgan fingerprint density at radius 3 is 2.43 bits per heavy atom. The number of nitrogens with zero attached hydrogens (tertiary/aromatic N) is 1. The largest absolute Gasteiger partial charge is 0.332 e. The molecule has 1 aliphatic heterocycles. The van der Waals surface area contributed by atoms with Crippen LogP contribution in [0, 0.1) is 11.6 Å². The molecule has 0 radical (unpaired) electrons. The molecule has 114 valence electrons. The van der Waals surface area contributed by atoms with Crippen LogP contribution in [-0.4, -0.2) is 42.8 Å². The molecular formula is C14H15F2NO3S. The third kappa shape index (κ3) is 2.79. The van der Waals surface area contributed by atoms with Crippen LogP contribution in [-0.2, 0) is 9.84 Å². The highest BCUT2D eigenvalue weighted by Crippen LogP contribution is 2.34. The lowest BCUT2D eigenvalue weighted by molar-refractivity contribution is 0.0675. The zero-order valence-corrected chi connectivity index (χ0v) is 12.1. The second-order valence-electron chi connectivity index (χ2n) is 5.60. The van der Waals surface area contributed by atoms with Crippen LogP contribution in [0.1, 0.15) is 29.6 Å². The van der Waals surface area contributed by atoms with E-state index in [9.17, 15) is 22.0 Å². The fourth-order valence-corrected chi connectivity index (χ4v) is 4.50. The monoisotopic (exact) mass is 315 g/mol. The van der Waals surface area contributed by atoms with E-state index in [0.29, 0.717) is 6.42 Å². The molecule has 0 aromatic heterocycles. The zero-order valence-electron chi connectivity index (χ0n) is 11.3. The first-order chi connectivity index (χ1) is 9.89. The molecule has 1 saturated heterocycles. The maximum Gasteiger partial charge on any atom is 0.257 e. The Kier molecular flexibility index (Phi) is 3.47. The smallest absolute Gasteiger partial charge is 0.257 e. The molecule has 21 heavy (non-hydrogen) atoms. The summed E-state index contributed by atoms with van der Waals surface area (Å²) in [5.74, 6) is -2.91. The van der Waals surface area contributed by atoms with Crippen molar-refractivity contribution in [2.75, 3.05) is 11.5 Å². The molecule has 1 heterocycles. The fourth-order valence-electron chi connectivity index (χ4n) is 2.79. The van der Waals surface area contributed by atoms with E-state index in [1.54, 1.807) is 0 Å². The van der Waals surface area contributed by atoms with Crippen LogP contribution < -0.4 is 0 Å². The average molecular weight is 315 g/mol. The van der Waals surface area contributed by atoms with Crippen molar-refractivity contribution >= 4 is 15.7 Å². The van der Waals surface area contributed by atoms with E-state index in [-0.39, 0.29) is 23.1 Å². The molecule has 0 spiro atoms. The molecule has 1 unspecified atom stereocenters. The van der Waals surface area contributed by atoms with Gasteiger partial charge in [0.25, 0.3) is 5.91 Å². The highest BCUT2D eigenvalue weighted by atomic mass is 32.2. The van der Waals surface area contributed by atoms with Gasteiger partial charge < -0.3 is 4.90 Å². The van der Waals surface area contributed by atoms with Crippen molar-refractivity contribution in [3.8, 4) is 0 Å². The Morgan fingerprint density at radius 2 is 1.86 bits per heavy atom. The normalized spacial score (nSPS) is 24.0. The van der Waals surface area contributed by atoms with Gasteiger partial charge in [-0.3, -0.25) is 4.79 Å². The minimum Gasteiger partial charge on any atom is -0.332 e. The summed E-state index contributed by atoms with van der Waals surface area (Å²) in [5, 5.41) is 0. The van der Waals surface area contributed by atoms with Crippen molar-refractivity contribution in [3.63, 3.8) is 0 Å². The Bertz CT molecular complexity index is 685. The minimum atomic E-state index is -3.14. The van der Waals surface area contributed by atoms with Crippen LogP contribution in [0.4, 0.5) is 8.78 Å². The molecule has 1 aromatic carbocycles. The highest BCUT2D eigenvalue weighted by molar-refractivity contribution is 7.91. The number of hydrogen-bond donors (Lipinski definition) is 0. The van der Waals surface area contributed by atoms with Gasteiger partial charge in [-0.1, -0.05) is 6.07 Å². The number of benzene rings is 1. The number of amides is 1. The molecule has 0 N–H and O–H groups in total. The molecule has 1 amide bonds. The summed E-state index contributed by atoms with van der Waals surface area (Å²) in [6.45, 7) is 0. The summed E-state index contributed by atoms with van der Waals surface area (Å²) < 4.78 is 50.3. The first kappa shape index (κ1) is 14.4. The molecule has 1 atom stereocenters. The lowest BCUT2D eigenvalue weighted by Gasteiger charge is -2.28. The lowest BCUT2D eigenvalue weighted by atomic mass is 10.1. The second kappa shape index (κ2) is 5.05. The first-order valence-electron chi connectivity index (χ1n) is 6.86. The number of carbonyl (C=O) groups is 1. The molecule has 2 fully saturated rings. The Morgan fingerprint density at radius 1 is 1.14 bits per heavy atom. The topological polar surface area (TPSA) is 54.5 Å². The first-order valence-corrected chi connectivity index (χ1v) is 8.68. The number of sulfone groups is 1. The third-order valence-electron chi connectivity index (χ3n) is 3.96. The quantitative estimate of drug-likeness (QED) is 0.854. The van der Waals surface area contributed by atoms with Crippen molar-refractivity contribution in [1.82, 2.24) is 4.90 Å². The van der Waals surface area contributed by atoms with E-state index in [4.69, 9.17) is 0 Å². The van der Waals surface area contributed by atoms with Gasteiger partial charge in [-0.05, 0) is 31.4 Å². The van der Waals surface area contributed by atoms with Crippen LogP contribution in [0.15, 0.2) is 18.2 Å². The van der Waals surface area contributed by atoms with Gasteiger partial charge in [-0.15, -0.1) is 0 Å². The van der Waals surface area contributed by atoms with E-state index >= 15 is 0 Å². The van der Waals surface area contributed by atoms with Crippen LogP contribution >= 0.6 is 0 Å². The molecule has 1 aliphatic carbocycles. The van der Waals surface area contributed by atoms with E-state index in [1.807, 2.05) is 0 Å². The Labute approximate surface area is 121 Å². The van der Waals surface area contributed by atoms with Crippen molar-refractivity contribution in [1.29, 1.82) is 0 Å². The number of carbonyl (C=O) groups excluding carboxylic acids is 1. The molecular weight excluding hydrogens is 300 g/mol. The van der Waals surface area contributed by atoms with Gasteiger partial charge in [-0.25, -0.2) is 17.2 Å². The molecule has 1 aromatic rings. The summed E-state index contributed by atoms with van der Waals surface area (Å²) in [6.07, 6.45) is 1.92. The SMILES string of the molecule is O=C(c1cccc(F)c1F)N(C1CC1)C1CCS(=O)(=O)C1. The highest BCUT2D eigenvalue weighted by Gasteiger charge is 2.43. The fraction of sp³-hybridized carbons (Fsp3) is 0.500. The summed E-state index contributed by atoms with van der Waals surface area (Å²) in [7, 11) is -3.14. The number of rotatable bonds is 3. The molecule has 2 aliphatic rings. The Hall–Kier alpha value is -1.50. The van der Waals surface area contributed by atoms with E-state index < -0.39 is 33.4 Å². The van der Waals surface area contributed by atoms with E-state index in [1.165, 1.54) is 17.0 Å². The predicted octanol–water partition coefficient (Wildman–Crippen LogP) is 1.76. The maximum atomic E-state index is 13.8. The average Bonchev–Trinajstić information content (AvgIpc) is 3.17.